The van der Waals surface area contributed by atoms with Gasteiger partial charge in [-0.25, -0.2) is 0 Å². The molecule has 3 heteroatoms. The summed E-state index contributed by atoms with van der Waals surface area (Å²) >= 11 is 0. The molecule has 1 rings (SSSR count). The minimum absolute atomic E-state index is 0.0321. The Morgan fingerprint density at radius 2 is 1.61 bits per heavy atom. The van der Waals surface area contributed by atoms with Gasteiger partial charge in [-0.3, -0.25) is 4.99 Å². The first-order valence-corrected chi connectivity index (χ1v) is 6.56. The first-order chi connectivity index (χ1) is 7.91. The van der Waals surface area contributed by atoms with E-state index in [0.717, 1.165) is 11.4 Å². The van der Waals surface area contributed by atoms with Gasteiger partial charge in [0.2, 0.25) is 0 Å². The molecule has 0 spiro atoms. The number of hydrogen-bond acceptors (Lipinski definition) is 3. The Morgan fingerprint density at radius 1 is 1.11 bits per heavy atom. The molecule has 0 aromatic rings. The minimum atomic E-state index is -0.346. The van der Waals surface area contributed by atoms with Crippen LogP contribution in [0.2, 0.25) is 0 Å². The molecule has 0 saturated carbocycles. The van der Waals surface area contributed by atoms with Crippen molar-refractivity contribution in [1.82, 2.24) is 5.32 Å². The van der Waals surface area contributed by atoms with E-state index >= 15 is 0 Å². The molecule has 0 bridgehead atoms. The molecule has 0 radical (unpaired) electrons. The number of hydrogen-bond donors (Lipinski definition) is 1. The van der Waals surface area contributed by atoms with Crippen molar-refractivity contribution in [2.75, 3.05) is 7.11 Å². The van der Waals surface area contributed by atoms with E-state index in [2.05, 4.69) is 60.7 Å². The Balaban J connectivity index is 3.19. The lowest BCUT2D eigenvalue weighted by molar-refractivity contribution is 0.0851. The summed E-state index contributed by atoms with van der Waals surface area (Å²) in [6.45, 7) is 17.0. The molecule has 0 amide bonds. The molecule has 0 aliphatic heterocycles. The van der Waals surface area contributed by atoms with Gasteiger partial charge in [0.1, 0.15) is 5.60 Å². The van der Waals surface area contributed by atoms with Crippen LogP contribution in [0.1, 0.15) is 55.4 Å². The zero-order valence-corrected chi connectivity index (χ0v) is 13.4. The molecular weight excluding hydrogens is 224 g/mol. The van der Waals surface area contributed by atoms with Crippen molar-refractivity contribution in [3.63, 3.8) is 0 Å². The highest BCUT2D eigenvalue weighted by Gasteiger charge is 2.47. The summed E-state index contributed by atoms with van der Waals surface area (Å²) < 4.78 is 5.66. The molecule has 0 aromatic heterocycles. The van der Waals surface area contributed by atoms with Crippen LogP contribution in [0.5, 0.6) is 0 Å². The van der Waals surface area contributed by atoms with Crippen LogP contribution in [0.4, 0.5) is 0 Å². The highest BCUT2D eigenvalue weighted by Crippen LogP contribution is 2.39. The second-order valence-electron chi connectivity index (χ2n) is 7.24. The predicted molar refractivity (Wildman–Crippen MR) is 78.2 cm³/mol. The summed E-state index contributed by atoms with van der Waals surface area (Å²) in [4.78, 5) is 4.83. The first-order valence-electron chi connectivity index (χ1n) is 6.56. The fourth-order valence-electron chi connectivity index (χ4n) is 2.05. The Hall–Kier alpha value is -0.830. The summed E-state index contributed by atoms with van der Waals surface area (Å²) in [6.07, 6.45) is 0. The van der Waals surface area contributed by atoms with Crippen LogP contribution >= 0.6 is 0 Å². The van der Waals surface area contributed by atoms with E-state index in [1.165, 1.54) is 5.57 Å². The van der Waals surface area contributed by atoms with Gasteiger partial charge >= 0.3 is 0 Å². The van der Waals surface area contributed by atoms with Crippen LogP contribution in [0.25, 0.3) is 0 Å². The number of nitrogens with one attached hydrogen (secondary N) is 1. The largest absolute Gasteiger partial charge is 0.379 e. The van der Waals surface area contributed by atoms with E-state index in [4.69, 9.17) is 9.73 Å². The molecule has 1 unspecified atom stereocenters. The Morgan fingerprint density at radius 3 is 1.94 bits per heavy atom. The summed E-state index contributed by atoms with van der Waals surface area (Å²) in [7, 11) is 1.75. The Labute approximate surface area is 112 Å². The third-order valence-electron chi connectivity index (χ3n) is 3.13. The van der Waals surface area contributed by atoms with Gasteiger partial charge in [0.15, 0.2) is 0 Å². The molecule has 0 aromatic carbocycles. The second kappa shape index (κ2) is 4.37. The molecule has 3 nitrogen and oxygen atoms in total. The summed E-state index contributed by atoms with van der Waals surface area (Å²) in [5.74, 6) is 0. The standard InChI is InChI=1S/C15H28N2O/c1-10-11(16-13(2,3)4)12(15(10,8)18-9)17-14(5,6)7/h16H,1-9H3. The van der Waals surface area contributed by atoms with Gasteiger partial charge in [0.25, 0.3) is 0 Å². The van der Waals surface area contributed by atoms with E-state index in [0.29, 0.717) is 0 Å². The van der Waals surface area contributed by atoms with Gasteiger partial charge in [0.05, 0.1) is 16.9 Å². The van der Waals surface area contributed by atoms with Gasteiger partial charge in [0, 0.05) is 12.6 Å². The van der Waals surface area contributed by atoms with Crippen molar-refractivity contribution in [3.05, 3.63) is 11.3 Å². The lowest BCUT2D eigenvalue weighted by atomic mass is 9.75. The first kappa shape index (κ1) is 15.2. The second-order valence-corrected chi connectivity index (χ2v) is 7.24. The van der Waals surface area contributed by atoms with Crippen molar-refractivity contribution < 1.29 is 4.74 Å². The van der Waals surface area contributed by atoms with Crippen LogP contribution in [-0.4, -0.2) is 29.5 Å². The fraction of sp³-hybridized carbons (Fsp3) is 0.800. The maximum absolute atomic E-state index is 5.66. The van der Waals surface area contributed by atoms with E-state index < -0.39 is 0 Å². The maximum Gasteiger partial charge on any atom is 0.131 e. The summed E-state index contributed by atoms with van der Waals surface area (Å²) in [5.41, 5.74) is 2.99. The monoisotopic (exact) mass is 252 g/mol. The Kier molecular flexibility index (Phi) is 3.70. The molecular formula is C15H28N2O. The summed E-state index contributed by atoms with van der Waals surface area (Å²) in [5, 5.41) is 3.54. The van der Waals surface area contributed by atoms with Crippen molar-refractivity contribution in [2.24, 2.45) is 4.99 Å². The van der Waals surface area contributed by atoms with Crippen molar-refractivity contribution in [3.8, 4) is 0 Å². The molecule has 1 atom stereocenters. The van der Waals surface area contributed by atoms with Gasteiger partial charge in [-0.05, 0) is 61.0 Å². The topological polar surface area (TPSA) is 33.6 Å². The molecule has 1 aliphatic carbocycles. The van der Waals surface area contributed by atoms with Crippen LogP contribution in [-0.2, 0) is 4.74 Å². The third kappa shape index (κ3) is 2.94. The minimum Gasteiger partial charge on any atom is -0.379 e. The van der Waals surface area contributed by atoms with Gasteiger partial charge < -0.3 is 10.1 Å². The highest BCUT2D eigenvalue weighted by atomic mass is 16.5. The smallest absolute Gasteiger partial charge is 0.131 e. The van der Waals surface area contributed by atoms with E-state index in [1.54, 1.807) is 7.11 Å². The molecule has 0 saturated heterocycles. The number of ether oxygens (including phenoxy) is 1. The number of methoxy groups -OCH3 is 1. The average Bonchev–Trinajstić information content (AvgIpc) is 2.19. The van der Waals surface area contributed by atoms with Gasteiger partial charge in [-0.2, -0.15) is 0 Å². The van der Waals surface area contributed by atoms with Gasteiger partial charge in [-0.15, -0.1) is 0 Å². The molecule has 104 valence electrons. The summed E-state index contributed by atoms with van der Waals surface area (Å²) in [6, 6.07) is 0. The molecule has 18 heavy (non-hydrogen) atoms. The van der Waals surface area contributed by atoms with Gasteiger partial charge in [-0.1, -0.05) is 0 Å². The van der Waals surface area contributed by atoms with Crippen molar-refractivity contribution >= 4 is 5.71 Å². The number of nitrogens with zero attached hydrogens (tertiary/aromatic N) is 1. The lowest BCUT2D eigenvalue weighted by Gasteiger charge is -2.45. The zero-order chi connectivity index (χ0) is 14.4. The fourth-order valence-corrected chi connectivity index (χ4v) is 2.05. The van der Waals surface area contributed by atoms with Crippen LogP contribution < -0.4 is 5.32 Å². The molecule has 1 N–H and O–H groups in total. The number of aliphatic imine (C=N–C) groups is 1. The maximum atomic E-state index is 5.66. The van der Waals surface area contributed by atoms with Crippen LogP contribution in [0.3, 0.4) is 0 Å². The molecule has 0 fully saturated rings. The molecule has 1 aliphatic rings. The third-order valence-corrected chi connectivity index (χ3v) is 3.13. The normalized spacial score (nSPS) is 27.5. The van der Waals surface area contributed by atoms with Crippen molar-refractivity contribution in [2.45, 2.75) is 72.1 Å². The number of rotatable bonds is 2. The SMILES string of the molecule is COC1(C)C(=NC(C)(C)C)C(NC(C)(C)C)=C1C. The lowest BCUT2D eigenvalue weighted by Crippen LogP contribution is -2.56. The van der Waals surface area contributed by atoms with E-state index in [9.17, 15) is 0 Å². The van der Waals surface area contributed by atoms with Crippen molar-refractivity contribution in [1.29, 1.82) is 0 Å². The van der Waals surface area contributed by atoms with Crippen LogP contribution in [0.15, 0.2) is 16.3 Å². The van der Waals surface area contributed by atoms with Crippen LogP contribution in [0, 0.1) is 0 Å². The quantitative estimate of drug-likeness (QED) is 0.818. The predicted octanol–water partition coefficient (Wildman–Crippen LogP) is 3.31. The van der Waals surface area contributed by atoms with E-state index in [1.807, 2.05) is 0 Å². The Bertz CT molecular complexity index is 394. The molecule has 0 heterocycles. The zero-order valence-electron chi connectivity index (χ0n) is 13.4. The average molecular weight is 252 g/mol. The van der Waals surface area contributed by atoms with E-state index in [-0.39, 0.29) is 16.7 Å². The highest BCUT2D eigenvalue weighted by molar-refractivity contribution is 6.15.